The number of carbonyl (C=O) groups excluding carboxylic acids is 1. The van der Waals surface area contributed by atoms with Crippen LogP contribution in [-0.4, -0.2) is 17.4 Å². The molecule has 0 radical (unpaired) electrons. The molecule has 23 heavy (non-hydrogen) atoms. The van der Waals surface area contributed by atoms with E-state index in [1.165, 1.54) is 40.8 Å². The molecule has 0 saturated carbocycles. The topological polar surface area (TPSA) is 54.0 Å². The summed E-state index contributed by atoms with van der Waals surface area (Å²) in [6.07, 6.45) is 0.908. The highest BCUT2D eigenvalue weighted by atomic mass is 32.1. The van der Waals surface area contributed by atoms with E-state index < -0.39 is 0 Å². The summed E-state index contributed by atoms with van der Waals surface area (Å²) in [6.45, 7) is 3.23. The highest BCUT2D eigenvalue weighted by molar-refractivity contribution is 7.22. The lowest BCUT2D eigenvalue weighted by atomic mass is 10.0. The molecule has 118 valence electrons. The average Bonchev–Trinajstić information content (AvgIpc) is 3.05. The molecular weight excluding hydrogens is 333 g/mol. The van der Waals surface area contributed by atoms with Gasteiger partial charge < -0.3 is 10.6 Å². The van der Waals surface area contributed by atoms with Crippen LogP contribution >= 0.6 is 22.7 Å². The lowest BCUT2D eigenvalue weighted by Gasteiger charge is -2.13. The van der Waals surface area contributed by atoms with Crippen LogP contribution < -0.4 is 10.6 Å². The molecule has 4 rings (SSSR count). The van der Waals surface area contributed by atoms with E-state index >= 15 is 0 Å². The second-order valence-corrected chi connectivity index (χ2v) is 7.58. The lowest BCUT2D eigenvalue weighted by Crippen LogP contribution is -2.22. The zero-order valence-corrected chi connectivity index (χ0v) is 14.0. The van der Waals surface area contributed by atoms with Gasteiger partial charge in [0.05, 0.1) is 10.2 Å². The Morgan fingerprint density at radius 3 is 3.09 bits per heavy atom. The van der Waals surface area contributed by atoms with Crippen molar-refractivity contribution in [3.05, 3.63) is 34.5 Å². The second kappa shape index (κ2) is 5.67. The fourth-order valence-electron chi connectivity index (χ4n) is 2.81. The first kappa shape index (κ1) is 14.7. The van der Waals surface area contributed by atoms with E-state index in [-0.39, 0.29) is 11.7 Å². The normalized spacial score (nSPS) is 14.0. The zero-order chi connectivity index (χ0) is 16.0. The number of amides is 1. The molecule has 1 amide bonds. The smallest absolute Gasteiger partial charge is 0.221 e. The maximum atomic E-state index is 13.4. The van der Waals surface area contributed by atoms with Crippen molar-refractivity contribution in [2.75, 3.05) is 11.9 Å². The van der Waals surface area contributed by atoms with Gasteiger partial charge in [0.1, 0.15) is 15.8 Å². The van der Waals surface area contributed by atoms with Crippen LogP contribution in [0.3, 0.4) is 0 Å². The minimum atomic E-state index is -0.258. The van der Waals surface area contributed by atoms with E-state index in [9.17, 15) is 9.18 Å². The molecule has 0 atom stereocenters. The first-order valence-corrected chi connectivity index (χ1v) is 8.94. The van der Waals surface area contributed by atoms with Gasteiger partial charge >= 0.3 is 0 Å². The number of carbonyl (C=O) groups is 1. The van der Waals surface area contributed by atoms with Crippen LogP contribution in [0.1, 0.15) is 17.4 Å². The Kier molecular flexibility index (Phi) is 3.63. The van der Waals surface area contributed by atoms with E-state index in [1.54, 1.807) is 17.4 Å². The predicted octanol–water partition coefficient (Wildman–Crippen LogP) is 3.77. The van der Waals surface area contributed by atoms with E-state index in [1.807, 2.05) is 0 Å². The summed E-state index contributed by atoms with van der Waals surface area (Å²) >= 11 is 3.06. The van der Waals surface area contributed by atoms with E-state index in [4.69, 9.17) is 0 Å². The van der Waals surface area contributed by atoms with Gasteiger partial charge in [-0.2, -0.15) is 0 Å². The van der Waals surface area contributed by atoms with E-state index in [2.05, 4.69) is 15.6 Å². The molecule has 0 fully saturated rings. The molecule has 1 aliphatic rings. The second-order valence-electron chi connectivity index (χ2n) is 5.45. The molecule has 3 heterocycles. The minimum absolute atomic E-state index is 0.0926. The Labute approximate surface area is 140 Å². The predicted molar refractivity (Wildman–Crippen MR) is 92.6 cm³/mol. The van der Waals surface area contributed by atoms with Crippen LogP contribution in [0.5, 0.6) is 0 Å². The maximum absolute atomic E-state index is 13.4. The number of aromatic nitrogens is 1. The number of fused-ring (bicyclic) bond motifs is 2. The Hall–Kier alpha value is -1.83. The third-order valence-electron chi connectivity index (χ3n) is 3.78. The van der Waals surface area contributed by atoms with Crippen molar-refractivity contribution < 1.29 is 9.18 Å². The summed E-state index contributed by atoms with van der Waals surface area (Å²) in [7, 11) is 0. The van der Waals surface area contributed by atoms with Gasteiger partial charge in [-0.15, -0.1) is 22.7 Å². The molecule has 4 nitrogen and oxygen atoms in total. The van der Waals surface area contributed by atoms with Crippen LogP contribution in [0, 0.1) is 5.82 Å². The van der Waals surface area contributed by atoms with Crippen molar-refractivity contribution >= 4 is 43.8 Å². The summed E-state index contributed by atoms with van der Waals surface area (Å²) in [5, 5.41) is 7.96. The van der Waals surface area contributed by atoms with Crippen LogP contribution in [0.15, 0.2) is 18.2 Å². The summed E-state index contributed by atoms with van der Waals surface area (Å²) in [4.78, 5) is 17.4. The van der Waals surface area contributed by atoms with Gasteiger partial charge in [0.25, 0.3) is 0 Å². The number of nitrogens with one attached hydrogen (secondary N) is 2. The number of halogens is 1. The van der Waals surface area contributed by atoms with Crippen LogP contribution in [-0.2, 0) is 17.8 Å². The Morgan fingerprint density at radius 2 is 2.26 bits per heavy atom. The maximum Gasteiger partial charge on any atom is 0.221 e. The van der Waals surface area contributed by atoms with Gasteiger partial charge in [-0.05, 0) is 36.7 Å². The largest absolute Gasteiger partial charge is 0.317 e. The Balaban J connectivity index is 1.90. The fourth-order valence-corrected chi connectivity index (χ4v) is 5.21. The molecule has 0 saturated heterocycles. The van der Waals surface area contributed by atoms with Gasteiger partial charge in [0.15, 0.2) is 0 Å². The van der Waals surface area contributed by atoms with Crippen molar-refractivity contribution in [2.24, 2.45) is 0 Å². The molecule has 2 aromatic heterocycles. The third kappa shape index (κ3) is 2.65. The highest BCUT2D eigenvalue weighted by Gasteiger charge is 2.24. The standard InChI is InChI=1S/C16H14FN3OS2/c1-8(21)19-15-14(10-4-5-18-7-13(10)23-15)16-20-11-3-2-9(17)6-12(11)22-16/h2-3,6,18H,4-5,7H2,1H3,(H,19,21). The molecule has 0 bridgehead atoms. The number of rotatable bonds is 2. The van der Waals surface area contributed by atoms with E-state index in [0.717, 1.165) is 45.3 Å². The van der Waals surface area contributed by atoms with Crippen molar-refractivity contribution in [3.63, 3.8) is 0 Å². The van der Waals surface area contributed by atoms with Gasteiger partial charge in [0, 0.05) is 23.9 Å². The summed E-state index contributed by atoms with van der Waals surface area (Å²) in [5.74, 6) is -0.351. The molecule has 0 aliphatic carbocycles. The monoisotopic (exact) mass is 347 g/mol. The van der Waals surface area contributed by atoms with Crippen molar-refractivity contribution in [3.8, 4) is 10.6 Å². The zero-order valence-electron chi connectivity index (χ0n) is 12.4. The Morgan fingerprint density at radius 1 is 1.39 bits per heavy atom. The van der Waals surface area contributed by atoms with Gasteiger partial charge in [-0.25, -0.2) is 9.37 Å². The number of benzene rings is 1. The summed E-state index contributed by atoms with van der Waals surface area (Å²) in [5.41, 5.74) is 3.04. The molecule has 3 aromatic rings. The molecule has 2 N–H and O–H groups in total. The number of nitrogens with zero attached hydrogens (tertiary/aromatic N) is 1. The van der Waals surface area contributed by atoms with Gasteiger partial charge in [-0.1, -0.05) is 0 Å². The average molecular weight is 347 g/mol. The molecule has 7 heteroatoms. The number of anilines is 1. The molecule has 1 aromatic carbocycles. The fraction of sp³-hybridized carbons (Fsp3) is 0.250. The lowest BCUT2D eigenvalue weighted by molar-refractivity contribution is -0.114. The number of hydrogen-bond donors (Lipinski definition) is 2. The van der Waals surface area contributed by atoms with Crippen molar-refractivity contribution in [2.45, 2.75) is 19.9 Å². The highest BCUT2D eigenvalue weighted by Crippen LogP contribution is 2.44. The first-order chi connectivity index (χ1) is 11.1. The number of thiazole rings is 1. The van der Waals surface area contributed by atoms with E-state index in [0.29, 0.717) is 0 Å². The molecule has 0 unspecified atom stereocenters. The van der Waals surface area contributed by atoms with Gasteiger partial charge in [0.2, 0.25) is 5.91 Å². The molecular formula is C16H14FN3OS2. The first-order valence-electron chi connectivity index (χ1n) is 7.31. The Bertz CT molecular complexity index is 916. The third-order valence-corrected chi connectivity index (χ3v) is 5.97. The van der Waals surface area contributed by atoms with Crippen molar-refractivity contribution in [1.82, 2.24) is 10.3 Å². The van der Waals surface area contributed by atoms with Crippen molar-refractivity contribution in [1.29, 1.82) is 0 Å². The van der Waals surface area contributed by atoms with Crippen LogP contribution in [0.2, 0.25) is 0 Å². The quantitative estimate of drug-likeness (QED) is 0.742. The summed E-state index contributed by atoms with van der Waals surface area (Å²) < 4.78 is 14.3. The van der Waals surface area contributed by atoms with Crippen LogP contribution in [0.4, 0.5) is 9.39 Å². The molecule has 0 spiro atoms. The number of thiophene rings is 1. The SMILES string of the molecule is CC(=O)Nc1sc2c(c1-c1nc3ccc(F)cc3s1)CCNC2. The summed E-state index contributed by atoms with van der Waals surface area (Å²) in [6, 6.07) is 4.63. The minimum Gasteiger partial charge on any atom is -0.317 e. The number of hydrogen-bond acceptors (Lipinski definition) is 5. The van der Waals surface area contributed by atoms with Crippen LogP contribution in [0.25, 0.3) is 20.8 Å². The molecule has 1 aliphatic heterocycles. The van der Waals surface area contributed by atoms with Gasteiger partial charge in [-0.3, -0.25) is 4.79 Å².